The number of hydrogen-bond acceptors (Lipinski definition) is 4. The molecule has 2 N–H and O–H groups in total. The minimum atomic E-state index is -0.371. The quantitative estimate of drug-likeness (QED) is 0.488. The van der Waals surface area contributed by atoms with Gasteiger partial charge < -0.3 is 14.8 Å². The van der Waals surface area contributed by atoms with Gasteiger partial charge in [-0.15, -0.1) is 0 Å². The van der Waals surface area contributed by atoms with Gasteiger partial charge in [0.1, 0.15) is 0 Å². The number of carbonyl (C=O) groups excluding carboxylic acids is 1. The van der Waals surface area contributed by atoms with Gasteiger partial charge in [-0.05, 0) is 47.9 Å². The van der Waals surface area contributed by atoms with Crippen molar-refractivity contribution in [3.05, 3.63) is 81.5 Å². The topological polar surface area (TPSA) is 83.8 Å². The van der Waals surface area contributed by atoms with Crippen LogP contribution >= 0.6 is 23.2 Å². The maximum atomic E-state index is 12.3. The molecule has 28 heavy (non-hydrogen) atoms. The number of carbonyl (C=O) groups is 1. The smallest absolute Gasteiger partial charge is 0.292 e. The number of halogens is 2. The Hall–Kier alpha value is -2.83. The van der Waals surface area contributed by atoms with Gasteiger partial charge in [0.05, 0.1) is 6.42 Å². The summed E-state index contributed by atoms with van der Waals surface area (Å²) in [5.74, 6) is 0.0219. The number of hydrogen-bond donors (Lipinski definition) is 2. The van der Waals surface area contributed by atoms with E-state index < -0.39 is 0 Å². The summed E-state index contributed by atoms with van der Waals surface area (Å²) in [6.45, 7) is 0.444. The molecule has 4 rings (SSSR count). The van der Waals surface area contributed by atoms with Crippen LogP contribution in [-0.2, 0) is 12.8 Å². The average molecular weight is 415 g/mol. The number of benzene rings is 2. The van der Waals surface area contributed by atoms with Gasteiger partial charge in [0.15, 0.2) is 0 Å². The fourth-order valence-electron chi connectivity index (χ4n) is 2.94. The lowest BCUT2D eigenvalue weighted by atomic mass is 10.1. The highest BCUT2D eigenvalue weighted by atomic mass is 35.5. The molecular formula is C20H16Cl2N4O2. The van der Waals surface area contributed by atoms with E-state index in [2.05, 4.69) is 20.4 Å². The Morgan fingerprint density at radius 2 is 1.89 bits per heavy atom. The van der Waals surface area contributed by atoms with Crippen LogP contribution in [0.5, 0.6) is 0 Å². The molecule has 0 radical (unpaired) electrons. The molecule has 2 heterocycles. The minimum Gasteiger partial charge on any atom is -0.361 e. The molecular weight excluding hydrogens is 399 g/mol. The molecule has 0 aliphatic rings. The van der Waals surface area contributed by atoms with Crippen LogP contribution in [0.15, 0.2) is 53.2 Å². The second-order valence-corrected chi connectivity index (χ2v) is 7.20. The molecule has 0 unspecified atom stereocenters. The summed E-state index contributed by atoms with van der Waals surface area (Å²) in [7, 11) is 0. The van der Waals surface area contributed by atoms with Gasteiger partial charge in [0, 0.05) is 33.7 Å². The van der Waals surface area contributed by atoms with Crippen LogP contribution in [0.25, 0.3) is 10.9 Å². The molecule has 0 bridgehead atoms. The van der Waals surface area contributed by atoms with Gasteiger partial charge in [-0.3, -0.25) is 4.79 Å². The number of H-pyrrole nitrogens is 1. The van der Waals surface area contributed by atoms with Crippen molar-refractivity contribution >= 4 is 40.0 Å². The minimum absolute atomic E-state index is 0.0194. The van der Waals surface area contributed by atoms with Crippen LogP contribution in [0.2, 0.25) is 10.0 Å². The molecule has 2 aromatic carbocycles. The molecule has 142 valence electrons. The molecule has 0 saturated carbocycles. The first-order valence-electron chi connectivity index (χ1n) is 8.69. The fraction of sp³-hybridized carbons (Fsp3) is 0.150. The van der Waals surface area contributed by atoms with Gasteiger partial charge in [-0.2, -0.15) is 4.98 Å². The number of amides is 1. The van der Waals surface area contributed by atoms with E-state index in [1.807, 2.05) is 36.5 Å². The number of rotatable bonds is 6. The van der Waals surface area contributed by atoms with E-state index in [-0.39, 0.29) is 11.7 Å². The van der Waals surface area contributed by atoms with Crippen molar-refractivity contribution in [2.45, 2.75) is 12.8 Å². The highest BCUT2D eigenvalue weighted by molar-refractivity contribution is 6.31. The van der Waals surface area contributed by atoms with Crippen LogP contribution in [0.4, 0.5) is 0 Å². The van der Waals surface area contributed by atoms with Crippen molar-refractivity contribution in [1.29, 1.82) is 0 Å². The van der Waals surface area contributed by atoms with Crippen molar-refractivity contribution in [2.75, 3.05) is 6.54 Å². The third-order valence-electron chi connectivity index (χ3n) is 4.35. The first kappa shape index (κ1) is 18.5. The molecule has 0 fully saturated rings. The summed E-state index contributed by atoms with van der Waals surface area (Å²) >= 11 is 11.9. The predicted octanol–water partition coefficient (Wildman–Crippen LogP) is 4.42. The van der Waals surface area contributed by atoms with Crippen LogP contribution in [0.3, 0.4) is 0 Å². The second kappa shape index (κ2) is 8.04. The van der Waals surface area contributed by atoms with Crippen molar-refractivity contribution in [2.24, 2.45) is 0 Å². The lowest BCUT2D eigenvalue weighted by Crippen LogP contribution is -2.26. The normalized spacial score (nSPS) is 11.1. The zero-order valence-corrected chi connectivity index (χ0v) is 16.2. The lowest BCUT2D eigenvalue weighted by Gasteiger charge is -2.02. The van der Waals surface area contributed by atoms with Crippen LogP contribution < -0.4 is 5.32 Å². The molecule has 4 aromatic rings. The third kappa shape index (κ3) is 4.18. The van der Waals surface area contributed by atoms with Gasteiger partial charge in [-0.25, -0.2) is 0 Å². The van der Waals surface area contributed by atoms with Crippen LogP contribution in [0, 0.1) is 0 Å². The third-order valence-corrected chi connectivity index (χ3v) is 4.84. The van der Waals surface area contributed by atoms with E-state index in [4.69, 9.17) is 27.7 Å². The van der Waals surface area contributed by atoms with Gasteiger partial charge in [0.25, 0.3) is 11.7 Å². The van der Waals surface area contributed by atoms with Crippen molar-refractivity contribution in [3.8, 4) is 0 Å². The Balaban J connectivity index is 1.34. The summed E-state index contributed by atoms with van der Waals surface area (Å²) in [6.07, 6.45) is 3.01. The summed E-state index contributed by atoms with van der Waals surface area (Å²) in [4.78, 5) is 19.6. The van der Waals surface area contributed by atoms with Gasteiger partial charge >= 0.3 is 0 Å². The summed E-state index contributed by atoms with van der Waals surface area (Å²) in [6, 6.07) is 13.0. The number of aromatic nitrogens is 3. The predicted molar refractivity (Wildman–Crippen MR) is 108 cm³/mol. The van der Waals surface area contributed by atoms with Crippen molar-refractivity contribution in [1.82, 2.24) is 20.4 Å². The molecule has 6 nitrogen and oxygen atoms in total. The zero-order chi connectivity index (χ0) is 19.5. The van der Waals surface area contributed by atoms with E-state index in [0.29, 0.717) is 35.3 Å². The average Bonchev–Trinajstić information content (AvgIpc) is 3.31. The summed E-state index contributed by atoms with van der Waals surface area (Å²) in [5, 5.41) is 8.96. The molecule has 8 heteroatoms. The molecule has 0 aliphatic carbocycles. The Morgan fingerprint density at radius 3 is 2.71 bits per heavy atom. The standard InChI is InChI=1S/C20H16Cl2N4O2/c21-14-3-1-12(2-4-14)9-18-25-19(26-28-18)20(27)23-8-7-13-11-24-17-6-5-15(22)10-16(13)17/h1-6,10-11,24H,7-9H2,(H,23,27). The van der Waals surface area contributed by atoms with E-state index >= 15 is 0 Å². The second-order valence-electron chi connectivity index (χ2n) is 6.32. The van der Waals surface area contributed by atoms with Crippen molar-refractivity contribution in [3.63, 3.8) is 0 Å². The number of nitrogens with zero attached hydrogens (tertiary/aromatic N) is 2. The van der Waals surface area contributed by atoms with Gasteiger partial charge in [-0.1, -0.05) is 40.5 Å². The van der Waals surface area contributed by atoms with Crippen molar-refractivity contribution < 1.29 is 9.32 Å². The first-order chi connectivity index (χ1) is 13.6. The number of fused-ring (bicyclic) bond motifs is 1. The zero-order valence-electron chi connectivity index (χ0n) is 14.7. The Kier molecular flexibility index (Phi) is 5.32. The molecule has 0 spiro atoms. The maximum absolute atomic E-state index is 12.3. The SMILES string of the molecule is O=C(NCCc1c[nH]c2ccc(Cl)cc12)c1noc(Cc2ccc(Cl)cc2)n1. The van der Waals surface area contributed by atoms with E-state index in [1.165, 1.54) is 0 Å². The van der Waals surface area contributed by atoms with Gasteiger partial charge in [0.2, 0.25) is 5.89 Å². The molecule has 2 aromatic heterocycles. The molecule has 0 aliphatic heterocycles. The Bertz CT molecular complexity index is 1120. The maximum Gasteiger partial charge on any atom is 0.292 e. The summed E-state index contributed by atoms with van der Waals surface area (Å²) in [5.41, 5.74) is 3.06. The monoisotopic (exact) mass is 414 g/mol. The fourth-order valence-corrected chi connectivity index (χ4v) is 3.24. The molecule has 0 atom stereocenters. The molecule has 1 amide bonds. The lowest BCUT2D eigenvalue weighted by molar-refractivity contribution is 0.0941. The first-order valence-corrected chi connectivity index (χ1v) is 9.45. The van der Waals surface area contributed by atoms with E-state index in [1.54, 1.807) is 12.1 Å². The van der Waals surface area contributed by atoms with Crippen LogP contribution in [0.1, 0.15) is 27.6 Å². The van der Waals surface area contributed by atoms with E-state index in [0.717, 1.165) is 22.0 Å². The summed E-state index contributed by atoms with van der Waals surface area (Å²) < 4.78 is 5.17. The Labute approximate surface area is 170 Å². The number of nitrogens with one attached hydrogen (secondary N) is 2. The van der Waals surface area contributed by atoms with E-state index in [9.17, 15) is 4.79 Å². The largest absolute Gasteiger partial charge is 0.361 e. The van der Waals surface area contributed by atoms with Crippen LogP contribution in [-0.4, -0.2) is 27.6 Å². The highest BCUT2D eigenvalue weighted by Gasteiger charge is 2.15. The molecule has 0 saturated heterocycles. The highest BCUT2D eigenvalue weighted by Crippen LogP contribution is 2.22. The number of aromatic amines is 1. The Morgan fingerprint density at radius 1 is 1.11 bits per heavy atom.